The summed E-state index contributed by atoms with van der Waals surface area (Å²) in [5, 5.41) is 6.27. The number of carbonyl (C=O) groups excluding carboxylic acids is 2. The number of pyridine rings is 1. The summed E-state index contributed by atoms with van der Waals surface area (Å²) in [6.07, 6.45) is 5.69. The number of rotatable bonds is 9. The van der Waals surface area contributed by atoms with Crippen LogP contribution in [0.25, 0.3) is 0 Å². The Labute approximate surface area is 200 Å². The number of anilines is 1. The molecule has 32 heavy (non-hydrogen) atoms. The number of thioether (sulfide) groups is 1. The van der Waals surface area contributed by atoms with Crippen LogP contribution in [0.5, 0.6) is 11.5 Å². The highest BCUT2D eigenvalue weighted by atomic mass is 35.5. The molecule has 3 aromatic rings. The summed E-state index contributed by atoms with van der Waals surface area (Å²) in [5.41, 5.74) is 0.848. The first-order chi connectivity index (χ1) is 15.5. The van der Waals surface area contributed by atoms with Crippen LogP contribution in [-0.2, 0) is 4.79 Å². The quantitative estimate of drug-likeness (QED) is 0.404. The zero-order valence-corrected chi connectivity index (χ0v) is 19.5. The molecule has 2 amide bonds. The smallest absolute Gasteiger partial charge is 0.253 e. The van der Waals surface area contributed by atoms with Gasteiger partial charge in [-0.3, -0.25) is 14.6 Å². The van der Waals surface area contributed by atoms with Gasteiger partial charge in [0, 0.05) is 23.1 Å². The third-order valence-electron chi connectivity index (χ3n) is 4.42. The van der Waals surface area contributed by atoms with E-state index in [2.05, 4.69) is 15.6 Å². The molecule has 0 aliphatic heterocycles. The van der Waals surface area contributed by atoms with Crippen molar-refractivity contribution in [3.63, 3.8) is 0 Å². The Morgan fingerprint density at radius 1 is 1.03 bits per heavy atom. The molecular formula is C23H21Cl2N3O3S. The highest BCUT2D eigenvalue weighted by molar-refractivity contribution is 7.98. The van der Waals surface area contributed by atoms with E-state index in [0.29, 0.717) is 34.4 Å². The molecule has 1 aromatic heterocycles. The largest absolute Gasteiger partial charge is 0.457 e. The first-order valence-electron chi connectivity index (χ1n) is 9.70. The van der Waals surface area contributed by atoms with Crippen LogP contribution in [0.3, 0.4) is 0 Å². The zero-order valence-electron chi connectivity index (χ0n) is 17.2. The standard InChI is InChI=1S/C23H21Cl2N3O3S/c1-32-13-10-21(28-22(29)19-7-2-15(24)14-20(19)25)23(30)27-16-3-5-17(6-4-16)31-18-8-11-26-12-9-18/h2-9,11-12,14,21H,10,13H2,1H3,(H,27,30)(H,28,29). The Balaban J connectivity index is 1.65. The van der Waals surface area contributed by atoms with Crippen LogP contribution in [0.4, 0.5) is 5.69 Å². The number of halogens is 2. The van der Waals surface area contributed by atoms with E-state index in [1.807, 2.05) is 6.26 Å². The molecule has 0 radical (unpaired) electrons. The molecule has 166 valence electrons. The fraction of sp³-hybridized carbons (Fsp3) is 0.174. The number of benzene rings is 2. The predicted molar refractivity (Wildman–Crippen MR) is 130 cm³/mol. The molecule has 6 nitrogen and oxygen atoms in total. The summed E-state index contributed by atoms with van der Waals surface area (Å²) in [5.74, 6) is 1.23. The van der Waals surface area contributed by atoms with Crippen LogP contribution in [-0.4, -0.2) is 34.8 Å². The van der Waals surface area contributed by atoms with Crippen LogP contribution in [0.1, 0.15) is 16.8 Å². The fourth-order valence-electron chi connectivity index (χ4n) is 2.79. The van der Waals surface area contributed by atoms with Crippen molar-refractivity contribution in [2.24, 2.45) is 0 Å². The van der Waals surface area contributed by atoms with Gasteiger partial charge in [0.15, 0.2) is 0 Å². The molecule has 0 saturated carbocycles. The summed E-state index contributed by atoms with van der Waals surface area (Å²) in [4.78, 5) is 29.5. The maximum Gasteiger partial charge on any atom is 0.253 e. The normalized spacial score (nSPS) is 11.5. The van der Waals surface area contributed by atoms with Crippen LogP contribution >= 0.6 is 35.0 Å². The Morgan fingerprint density at radius 3 is 2.38 bits per heavy atom. The Kier molecular flexibility index (Phi) is 8.79. The zero-order chi connectivity index (χ0) is 22.9. The topological polar surface area (TPSA) is 80.3 Å². The van der Waals surface area contributed by atoms with Gasteiger partial charge >= 0.3 is 0 Å². The van der Waals surface area contributed by atoms with E-state index in [1.54, 1.807) is 66.6 Å². The van der Waals surface area contributed by atoms with Crippen LogP contribution < -0.4 is 15.4 Å². The molecule has 0 bridgehead atoms. The Bertz CT molecular complexity index is 1070. The van der Waals surface area contributed by atoms with Gasteiger partial charge in [-0.15, -0.1) is 0 Å². The first-order valence-corrected chi connectivity index (χ1v) is 11.8. The molecule has 1 heterocycles. The molecule has 9 heteroatoms. The van der Waals surface area contributed by atoms with Gasteiger partial charge in [0.2, 0.25) is 5.91 Å². The fourth-order valence-corrected chi connectivity index (χ4v) is 3.76. The number of nitrogens with zero attached hydrogens (tertiary/aromatic N) is 1. The average Bonchev–Trinajstić information content (AvgIpc) is 2.78. The van der Waals surface area contributed by atoms with Crippen molar-refractivity contribution < 1.29 is 14.3 Å². The van der Waals surface area contributed by atoms with Crippen molar-refractivity contribution in [1.82, 2.24) is 10.3 Å². The van der Waals surface area contributed by atoms with Crippen molar-refractivity contribution in [2.45, 2.75) is 12.5 Å². The lowest BCUT2D eigenvalue weighted by Gasteiger charge is -2.19. The van der Waals surface area contributed by atoms with Crippen LogP contribution in [0, 0.1) is 0 Å². The van der Waals surface area contributed by atoms with Crippen molar-refractivity contribution >= 4 is 52.5 Å². The second-order valence-electron chi connectivity index (χ2n) is 6.73. The van der Waals surface area contributed by atoms with E-state index in [9.17, 15) is 9.59 Å². The summed E-state index contributed by atoms with van der Waals surface area (Å²) in [6.45, 7) is 0. The number of hydrogen-bond donors (Lipinski definition) is 2. The molecule has 3 rings (SSSR count). The van der Waals surface area contributed by atoms with Crippen molar-refractivity contribution in [3.05, 3.63) is 82.6 Å². The summed E-state index contributed by atoms with van der Waals surface area (Å²) >= 11 is 13.6. The lowest BCUT2D eigenvalue weighted by Crippen LogP contribution is -2.44. The molecule has 0 spiro atoms. The minimum atomic E-state index is -0.727. The van der Waals surface area contributed by atoms with Gasteiger partial charge < -0.3 is 15.4 Å². The molecular weight excluding hydrogens is 469 g/mol. The summed E-state index contributed by atoms with van der Waals surface area (Å²) in [6, 6.07) is 14.3. The average molecular weight is 490 g/mol. The van der Waals surface area contributed by atoms with Gasteiger partial charge in [-0.1, -0.05) is 23.2 Å². The maximum absolute atomic E-state index is 12.9. The van der Waals surface area contributed by atoms with Crippen molar-refractivity contribution in [3.8, 4) is 11.5 Å². The summed E-state index contributed by atoms with van der Waals surface area (Å²) < 4.78 is 5.73. The lowest BCUT2D eigenvalue weighted by molar-refractivity contribution is -0.118. The molecule has 2 aromatic carbocycles. The highest BCUT2D eigenvalue weighted by Crippen LogP contribution is 2.23. The molecule has 2 N–H and O–H groups in total. The molecule has 0 aliphatic carbocycles. The number of amides is 2. The Morgan fingerprint density at radius 2 is 1.72 bits per heavy atom. The number of aromatic nitrogens is 1. The Hall–Kier alpha value is -2.74. The van der Waals surface area contributed by atoms with E-state index < -0.39 is 11.9 Å². The molecule has 0 saturated heterocycles. The number of nitrogens with one attached hydrogen (secondary N) is 2. The van der Waals surface area contributed by atoms with Gasteiger partial charge in [0.05, 0.1) is 10.6 Å². The van der Waals surface area contributed by atoms with E-state index in [1.165, 1.54) is 12.1 Å². The van der Waals surface area contributed by atoms with Crippen LogP contribution in [0.2, 0.25) is 10.0 Å². The van der Waals surface area contributed by atoms with E-state index >= 15 is 0 Å². The minimum absolute atomic E-state index is 0.226. The van der Waals surface area contributed by atoms with E-state index in [0.717, 1.165) is 0 Å². The molecule has 0 aliphatic rings. The highest BCUT2D eigenvalue weighted by Gasteiger charge is 2.22. The number of carbonyl (C=O) groups is 2. The predicted octanol–water partition coefficient (Wildman–Crippen LogP) is 5.67. The first kappa shape index (κ1) is 23.9. The molecule has 0 fully saturated rings. The molecule has 1 unspecified atom stereocenters. The number of ether oxygens (including phenoxy) is 1. The second kappa shape index (κ2) is 11.8. The number of hydrogen-bond acceptors (Lipinski definition) is 5. The maximum atomic E-state index is 12.9. The van der Waals surface area contributed by atoms with Gasteiger partial charge in [-0.25, -0.2) is 0 Å². The van der Waals surface area contributed by atoms with Crippen molar-refractivity contribution in [2.75, 3.05) is 17.3 Å². The SMILES string of the molecule is CSCCC(NC(=O)c1ccc(Cl)cc1Cl)C(=O)Nc1ccc(Oc2ccncc2)cc1. The van der Waals surface area contributed by atoms with Crippen molar-refractivity contribution in [1.29, 1.82) is 0 Å². The lowest BCUT2D eigenvalue weighted by atomic mass is 10.1. The second-order valence-corrected chi connectivity index (χ2v) is 8.56. The third-order valence-corrected chi connectivity index (χ3v) is 5.61. The minimum Gasteiger partial charge on any atom is -0.457 e. The van der Waals surface area contributed by atoms with Gasteiger partial charge in [-0.05, 0) is 73.0 Å². The third kappa shape index (κ3) is 6.88. The van der Waals surface area contributed by atoms with E-state index in [4.69, 9.17) is 27.9 Å². The van der Waals surface area contributed by atoms with Gasteiger partial charge in [-0.2, -0.15) is 11.8 Å². The van der Waals surface area contributed by atoms with Gasteiger partial charge in [0.1, 0.15) is 17.5 Å². The van der Waals surface area contributed by atoms with E-state index in [-0.39, 0.29) is 16.5 Å². The van der Waals surface area contributed by atoms with Crippen LogP contribution in [0.15, 0.2) is 67.0 Å². The van der Waals surface area contributed by atoms with Gasteiger partial charge in [0.25, 0.3) is 5.91 Å². The summed E-state index contributed by atoms with van der Waals surface area (Å²) in [7, 11) is 0. The molecule has 1 atom stereocenters. The monoisotopic (exact) mass is 489 g/mol.